The first kappa shape index (κ1) is 17.0. The lowest BCUT2D eigenvalue weighted by Crippen LogP contribution is -2.09. The number of aromatic hydroxyl groups is 1. The number of amides is 1. The lowest BCUT2D eigenvalue weighted by molar-refractivity contribution is 0.100. The third-order valence-corrected chi connectivity index (χ3v) is 5.46. The normalized spacial score (nSPS) is 13.4. The van der Waals surface area contributed by atoms with Gasteiger partial charge in [-0.3, -0.25) is 9.89 Å². The first-order valence-electron chi connectivity index (χ1n) is 7.49. The second-order valence-corrected chi connectivity index (χ2v) is 8.15. The Kier molecular flexibility index (Phi) is 4.22. The van der Waals surface area contributed by atoms with E-state index in [0.29, 0.717) is 15.8 Å². The van der Waals surface area contributed by atoms with Crippen molar-refractivity contribution in [2.24, 2.45) is 4.36 Å². The highest BCUT2D eigenvalue weighted by Crippen LogP contribution is 2.23. The highest BCUT2D eigenvalue weighted by Gasteiger charge is 2.17. The van der Waals surface area contributed by atoms with Gasteiger partial charge >= 0.3 is 5.91 Å². The van der Waals surface area contributed by atoms with Crippen LogP contribution in [0.4, 0.5) is 5.69 Å². The molecule has 1 unspecified atom stereocenters. The van der Waals surface area contributed by atoms with Gasteiger partial charge in [0, 0.05) is 36.3 Å². The number of carbonyl (C=O) groups is 1. The highest BCUT2D eigenvalue weighted by atomic mass is 32.2. The monoisotopic (exact) mass is 358 g/mol. The minimum absolute atomic E-state index is 0.0134. The van der Waals surface area contributed by atoms with Crippen molar-refractivity contribution >= 4 is 32.2 Å². The lowest BCUT2D eigenvalue weighted by atomic mass is 10.2. The summed E-state index contributed by atoms with van der Waals surface area (Å²) in [6, 6.07) is 11.6. The number of phenols is 1. The van der Waals surface area contributed by atoms with Crippen LogP contribution < -0.4 is 4.90 Å². The molecule has 25 heavy (non-hydrogen) atoms. The molecule has 0 saturated carbocycles. The van der Waals surface area contributed by atoms with Crippen molar-refractivity contribution in [3.63, 3.8) is 0 Å². The summed E-state index contributed by atoms with van der Waals surface area (Å²) in [5.41, 5.74) is 1.58. The van der Waals surface area contributed by atoms with E-state index in [1.807, 2.05) is 31.1 Å². The van der Waals surface area contributed by atoms with Gasteiger partial charge in [-0.25, -0.2) is 4.21 Å². The molecule has 130 valence electrons. The molecule has 1 heterocycles. The van der Waals surface area contributed by atoms with E-state index < -0.39 is 15.6 Å². The maximum atomic E-state index is 12.9. The van der Waals surface area contributed by atoms with E-state index in [4.69, 9.17) is 0 Å². The minimum Gasteiger partial charge on any atom is -0.508 e. The summed E-state index contributed by atoms with van der Waals surface area (Å²) in [5, 5.41) is 16.7. The van der Waals surface area contributed by atoms with Crippen LogP contribution in [0.5, 0.6) is 5.75 Å². The molecule has 0 radical (unpaired) electrons. The number of H-pyrrole nitrogens is 1. The van der Waals surface area contributed by atoms with E-state index in [0.717, 1.165) is 5.69 Å². The lowest BCUT2D eigenvalue weighted by Gasteiger charge is -2.12. The average molecular weight is 358 g/mol. The third-order valence-electron chi connectivity index (χ3n) is 3.80. The first-order valence-corrected chi connectivity index (χ1v) is 9.41. The fourth-order valence-corrected chi connectivity index (χ4v) is 3.57. The summed E-state index contributed by atoms with van der Waals surface area (Å²) in [5.74, 6) is -0.680. The summed E-state index contributed by atoms with van der Waals surface area (Å²) in [4.78, 5) is 14.9. The number of phenolic OH excluding ortho intramolecular Hbond substituents is 1. The number of hydrogen-bond acceptors (Lipinski definition) is 5. The van der Waals surface area contributed by atoms with E-state index >= 15 is 0 Å². The molecule has 1 aromatic heterocycles. The number of carbonyl (C=O) groups excluding carboxylic acids is 1. The molecular weight excluding hydrogens is 340 g/mol. The number of nitrogens with one attached hydrogen (secondary N) is 1. The molecule has 7 nitrogen and oxygen atoms in total. The van der Waals surface area contributed by atoms with Gasteiger partial charge in [0.1, 0.15) is 5.75 Å². The number of hydrogen-bond donors (Lipinski definition) is 2. The fourth-order valence-electron chi connectivity index (χ4n) is 2.42. The summed E-state index contributed by atoms with van der Waals surface area (Å²) in [7, 11) is 0.898. The Bertz CT molecular complexity index is 1060. The number of benzene rings is 2. The van der Waals surface area contributed by atoms with Crippen molar-refractivity contribution < 1.29 is 14.1 Å². The Labute approximate surface area is 145 Å². The standard InChI is InChI=1S/C17H18N4O3S/c1-21(2)11-4-7-13(8-5-11)25(3,24)20-17(23)16-14-10-12(22)6-9-15(14)18-19-16/h4-10,22H,1-3H3,(H,18,19). The van der Waals surface area contributed by atoms with E-state index in [-0.39, 0.29) is 11.4 Å². The van der Waals surface area contributed by atoms with Crippen LogP contribution in [0.25, 0.3) is 10.9 Å². The Morgan fingerprint density at radius 1 is 1.20 bits per heavy atom. The van der Waals surface area contributed by atoms with Crippen LogP contribution in [0.3, 0.4) is 0 Å². The van der Waals surface area contributed by atoms with Crippen molar-refractivity contribution in [3.8, 4) is 5.75 Å². The Balaban J connectivity index is 2.01. The molecule has 0 bridgehead atoms. The molecule has 0 aliphatic heterocycles. The molecule has 1 amide bonds. The van der Waals surface area contributed by atoms with Gasteiger partial charge in [-0.2, -0.15) is 9.46 Å². The maximum Gasteiger partial charge on any atom is 0.306 e. The van der Waals surface area contributed by atoms with Gasteiger partial charge < -0.3 is 10.0 Å². The second-order valence-electron chi connectivity index (χ2n) is 5.89. The second kappa shape index (κ2) is 6.21. The van der Waals surface area contributed by atoms with Crippen molar-refractivity contribution in [1.29, 1.82) is 0 Å². The highest BCUT2D eigenvalue weighted by molar-refractivity contribution is 7.93. The molecule has 2 N–H and O–H groups in total. The number of rotatable bonds is 3. The molecule has 0 spiro atoms. The predicted molar refractivity (Wildman–Crippen MR) is 97.6 cm³/mol. The van der Waals surface area contributed by atoms with E-state index in [9.17, 15) is 14.1 Å². The van der Waals surface area contributed by atoms with Crippen molar-refractivity contribution in [2.75, 3.05) is 25.3 Å². The van der Waals surface area contributed by atoms with Gasteiger partial charge in [0.05, 0.1) is 15.2 Å². The van der Waals surface area contributed by atoms with Gasteiger partial charge in [-0.05, 0) is 42.5 Å². The molecule has 8 heteroatoms. The van der Waals surface area contributed by atoms with Crippen LogP contribution in [0.2, 0.25) is 0 Å². The molecule has 0 aliphatic carbocycles. The number of fused-ring (bicyclic) bond motifs is 1. The zero-order chi connectivity index (χ0) is 18.2. The molecule has 3 rings (SSSR count). The molecule has 0 aliphatic rings. The van der Waals surface area contributed by atoms with Gasteiger partial charge in [0.25, 0.3) is 0 Å². The summed E-state index contributed by atoms with van der Waals surface area (Å²) in [6.07, 6.45) is 1.42. The van der Waals surface area contributed by atoms with Gasteiger partial charge in [-0.1, -0.05) is 0 Å². The first-order chi connectivity index (χ1) is 11.8. The zero-order valence-electron chi connectivity index (χ0n) is 14.1. The van der Waals surface area contributed by atoms with Crippen LogP contribution in [0.1, 0.15) is 10.5 Å². The third kappa shape index (κ3) is 3.34. The van der Waals surface area contributed by atoms with E-state index in [2.05, 4.69) is 14.6 Å². The number of aromatic amines is 1. The maximum absolute atomic E-state index is 12.9. The fraction of sp³-hybridized carbons (Fsp3) is 0.176. The summed E-state index contributed by atoms with van der Waals surface area (Å²) < 4.78 is 16.8. The van der Waals surface area contributed by atoms with Gasteiger partial charge in [0.15, 0.2) is 5.69 Å². The Morgan fingerprint density at radius 3 is 2.52 bits per heavy atom. The van der Waals surface area contributed by atoms with Crippen LogP contribution in [0.15, 0.2) is 51.7 Å². The molecule has 2 aromatic carbocycles. The van der Waals surface area contributed by atoms with Crippen LogP contribution in [-0.2, 0) is 9.73 Å². The van der Waals surface area contributed by atoms with Crippen LogP contribution >= 0.6 is 0 Å². The van der Waals surface area contributed by atoms with Gasteiger partial charge in [-0.15, -0.1) is 0 Å². The molecule has 0 saturated heterocycles. The van der Waals surface area contributed by atoms with Crippen molar-refractivity contribution in [1.82, 2.24) is 10.2 Å². The number of aromatic nitrogens is 2. The number of nitrogens with zero attached hydrogens (tertiary/aromatic N) is 3. The quantitative estimate of drug-likeness (QED) is 0.750. The SMILES string of the molecule is CN(C)c1ccc(S(C)(=O)=NC(=O)c2n[nH]c3ccc(O)cc23)cc1. The summed E-state index contributed by atoms with van der Waals surface area (Å²) >= 11 is 0. The number of anilines is 1. The zero-order valence-corrected chi connectivity index (χ0v) is 14.9. The smallest absolute Gasteiger partial charge is 0.306 e. The largest absolute Gasteiger partial charge is 0.508 e. The van der Waals surface area contributed by atoms with Crippen molar-refractivity contribution in [3.05, 3.63) is 48.2 Å². The molecular formula is C17H18N4O3S. The van der Waals surface area contributed by atoms with E-state index in [1.165, 1.54) is 18.4 Å². The molecule has 3 aromatic rings. The summed E-state index contributed by atoms with van der Waals surface area (Å²) in [6.45, 7) is 0. The Morgan fingerprint density at radius 2 is 1.88 bits per heavy atom. The van der Waals surface area contributed by atoms with Gasteiger partial charge in [0.2, 0.25) is 0 Å². The average Bonchev–Trinajstić information content (AvgIpc) is 2.97. The van der Waals surface area contributed by atoms with Crippen molar-refractivity contribution in [2.45, 2.75) is 4.90 Å². The van der Waals surface area contributed by atoms with Crippen LogP contribution in [0, 0.1) is 0 Å². The van der Waals surface area contributed by atoms with Crippen LogP contribution in [-0.4, -0.2) is 45.8 Å². The molecule has 0 fully saturated rings. The predicted octanol–water partition coefficient (Wildman–Crippen LogP) is 2.63. The minimum atomic E-state index is -2.92. The molecule has 1 atom stereocenters. The topological polar surface area (TPSA) is 98.7 Å². The van der Waals surface area contributed by atoms with E-state index in [1.54, 1.807) is 18.2 Å². The Hall–Kier alpha value is -2.87.